The minimum atomic E-state index is -1.03. The Morgan fingerprint density at radius 3 is 2.71 bits per heavy atom. The molecule has 0 saturated carbocycles. The number of aromatic nitrogens is 2. The monoisotopic (exact) mass is 328 g/mol. The van der Waals surface area contributed by atoms with Crippen LogP contribution in [0, 0.1) is 5.41 Å². The van der Waals surface area contributed by atoms with E-state index in [4.69, 9.17) is 10.8 Å². The van der Waals surface area contributed by atoms with Gasteiger partial charge in [-0.15, -0.1) is 0 Å². The molecule has 1 aromatic heterocycles. The van der Waals surface area contributed by atoms with Crippen LogP contribution in [0.15, 0.2) is 55.4 Å². The third kappa shape index (κ3) is 6.58. The Balaban J connectivity index is 2.95. The maximum absolute atomic E-state index is 10.5. The van der Waals surface area contributed by atoms with Gasteiger partial charge in [0.15, 0.2) is 0 Å². The van der Waals surface area contributed by atoms with Crippen LogP contribution in [-0.4, -0.2) is 34.1 Å². The third-order valence-corrected chi connectivity index (χ3v) is 3.23. The van der Waals surface area contributed by atoms with Gasteiger partial charge >= 0.3 is 5.97 Å². The molecule has 6 heteroatoms. The standard InChI is InChI=1S/C18H24N4O2/c1-5-14(8-13(2)6-7-17(23)24)15-9-20-10-16(22-15)21-12-18(3,4)11-19/h5-10H,1-2,11-12,19H2,3-4H3,(H,21,22)(H,23,24)/b7-6+,14-8+. The summed E-state index contributed by atoms with van der Waals surface area (Å²) in [6.07, 6.45) is 9.00. The first-order valence-electron chi connectivity index (χ1n) is 7.48. The van der Waals surface area contributed by atoms with E-state index >= 15 is 0 Å². The molecule has 0 saturated heterocycles. The summed E-state index contributed by atoms with van der Waals surface area (Å²) < 4.78 is 0. The number of allylic oxidation sites excluding steroid dienone is 5. The van der Waals surface area contributed by atoms with E-state index in [1.807, 2.05) is 0 Å². The summed E-state index contributed by atoms with van der Waals surface area (Å²) in [5, 5.41) is 11.9. The van der Waals surface area contributed by atoms with Crippen LogP contribution < -0.4 is 11.1 Å². The number of carbonyl (C=O) groups is 1. The number of nitrogens with zero attached hydrogens (tertiary/aromatic N) is 2. The zero-order valence-electron chi connectivity index (χ0n) is 14.1. The van der Waals surface area contributed by atoms with E-state index in [1.165, 1.54) is 6.08 Å². The number of rotatable bonds is 9. The fourth-order valence-corrected chi connectivity index (χ4v) is 1.66. The number of hydrogen-bond donors (Lipinski definition) is 3. The number of anilines is 1. The second-order valence-electron chi connectivity index (χ2n) is 6.06. The quantitative estimate of drug-likeness (QED) is 0.476. The zero-order valence-corrected chi connectivity index (χ0v) is 14.1. The fourth-order valence-electron chi connectivity index (χ4n) is 1.66. The highest BCUT2D eigenvalue weighted by molar-refractivity contribution is 5.81. The highest BCUT2D eigenvalue weighted by Crippen LogP contribution is 2.18. The van der Waals surface area contributed by atoms with Crippen molar-refractivity contribution in [2.45, 2.75) is 13.8 Å². The van der Waals surface area contributed by atoms with Gasteiger partial charge in [0.05, 0.1) is 18.1 Å². The van der Waals surface area contributed by atoms with Gasteiger partial charge in [-0.05, 0) is 29.7 Å². The summed E-state index contributed by atoms with van der Waals surface area (Å²) in [4.78, 5) is 19.2. The minimum absolute atomic E-state index is 0.0509. The van der Waals surface area contributed by atoms with E-state index in [1.54, 1.807) is 24.5 Å². The van der Waals surface area contributed by atoms with Crippen LogP contribution in [0.3, 0.4) is 0 Å². The number of nitrogens with two attached hydrogens (primary N) is 1. The van der Waals surface area contributed by atoms with Crippen LogP contribution in [-0.2, 0) is 4.79 Å². The fraction of sp³-hybridized carbons (Fsp3) is 0.278. The molecule has 0 aromatic carbocycles. The lowest BCUT2D eigenvalue weighted by Crippen LogP contribution is -2.31. The minimum Gasteiger partial charge on any atom is -0.478 e. The molecule has 0 spiro atoms. The number of carboxylic acid groups (broad SMARTS) is 1. The van der Waals surface area contributed by atoms with E-state index in [9.17, 15) is 4.79 Å². The van der Waals surface area contributed by atoms with E-state index in [0.717, 1.165) is 6.08 Å². The molecule has 4 N–H and O–H groups in total. The molecule has 128 valence electrons. The largest absolute Gasteiger partial charge is 0.478 e. The van der Waals surface area contributed by atoms with Crippen LogP contribution in [0.4, 0.5) is 5.82 Å². The van der Waals surface area contributed by atoms with Crippen molar-refractivity contribution in [3.63, 3.8) is 0 Å². The average Bonchev–Trinajstić information content (AvgIpc) is 2.56. The molecule has 1 rings (SSSR count). The Labute approximate surface area is 142 Å². The second-order valence-corrected chi connectivity index (χ2v) is 6.06. The normalized spacial score (nSPS) is 12.2. The zero-order chi connectivity index (χ0) is 18.2. The topological polar surface area (TPSA) is 101 Å². The van der Waals surface area contributed by atoms with Crippen molar-refractivity contribution < 1.29 is 9.90 Å². The molecule has 0 aliphatic carbocycles. The van der Waals surface area contributed by atoms with Crippen LogP contribution in [0.1, 0.15) is 19.5 Å². The van der Waals surface area contributed by atoms with E-state index in [2.05, 4.69) is 42.3 Å². The molecule has 0 fully saturated rings. The van der Waals surface area contributed by atoms with Crippen LogP contribution >= 0.6 is 0 Å². The molecular formula is C18H24N4O2. The van der Waals surface area contributed by atoms with Crippen molar-refractivity contribution in [1.82, 2.24) is 9.97 Å². The Morgan fingerprint density at radius 1 is 1.42 bits per heavy atom. The number of nitrogens with one attached hydrogen (secondary N) is 1. The molecule has 0 radical (unpaired) electrons. The lowest BCUT2D eigenvalue weighted by molar-refractivity contribution is -0.131. The maximum atomic E-state index is 10.5. The molecule has 0 amide bonds. The van der Waals surface area contributed by atoms with Gasteiger partial charge in [-0.3, -0.25) is 4.98 Å². The van der Waals surface area contributed by atoms with Gasteiger partial charge in [-0.25, -0.2) is 9.78 Å². The van der Waals surface area contributed by atoms with Crippen molar-refractivity contribution in [2.75, 3.05) is 18.4 Å². The van der Waals surface area contributed by atoms with Gasteiger partial charge in [0, 0.05) is 18.2 Å². The van der Waals surface area contributed by atoms with Gasteiger partial charge in [0.1, 0.15) is 5.82 Å². The predicted molar refractivity (Wildman–Crippen MR) is 97.4 cm³/mol. The van der Waals surface area contributed by atoms with E-state index < -0.39 is 5.97 Å². The third-order valence-electron chi connectivity index (χ3n) is 3.23. The van der Waals surface area contributed by atoms with Crippen LogP contribution in [0.25, 0.3) is 5.57 Å². The molecule has 0 unspecified atom stereocenters. The van der Waals surface area contributed by atoms with Gasteiger partial charge in [-0.2, -0.15) is 0 Å². The summed E-state index contributed by atoms with van der Waals surface area (Å²) >= 11 is 0. The summed E-state index contributed by atoms with van der Waals surface area (Å²) in [5.41, 5.74) is 7.51. The van der Waals surface area contributed by atoms with Crippen molar-refractivity contribution in [2.24, 2.45) is 11.1 Å². The molecule has 0 atom stereocenters. The molecule has 1 heterocycles. The Bertz CT molecular complexity index is 675. The predicted octanol–water partition coefficient (Wildman–Crippen LogP) is 2.64. The molecule has 0 aliphatic heterocycles. The SMILES string of the molecule is C=C/C(=C\C(=C)/C=C/C(=O)O)c1cncc(NCC(C)(C)CN)n1. The summed E-state index contributed by atoms with van der Waals surface area (Å²) in [7, 11) is 0. The second kappa shape index (κ2) is 8.79. The molecular weight excluding hydrogens is 304 g/mol. The molecule has 0 aliphatic rings. The summed E-state index contributed by atoms with van der Waals surface area (Å²) in [6, 6.07) is 0. The molecule has 1 aromatic rings. The van der Waals surface area contributed by atoms with Crippen molar-refractivity contribution in [1.29, 1.82) is 0 Å². The van der Waals surface area contributed by atoms with Gasteiger partial charge in [0.2, 0.25) is 0 Å². The Kier molecular flexibility index (Phi) is 7.07. The molecule has 24 heavy (non-hydrogen) atoms. The van der Waals surface area contributed by atoms with E-state index in [0.29, 0.717) is 35.7 Å². The highest BCUT2D eigenvalue weighted by Gasteiger charge is 2.15. The number of carboxylic acids is 1. The van der Waals surface area contributed by atoms with E-state index in [-0.39, 0.29) is 5.41 Å². The Morgan fingerprint density at radius 2 is 2.12 bits per heavy atom. The maximum Gasteiger partial charge on any atom is 0.328 e. The van der Waals surface area contributed by atoms with Gasteiger partial charge < -0.3 is 16.2 Å². The summed E-state index contributed by atoms with van der Waals surface area (Å²) in [5.74, 6) is -0.397. The van der Waals surface area contributed by atoms with Crippen LogP contribution in [0.2, 0.25) is 0 Å². The van der Waals surface area contributed by atoms with Gasteiger partial charge in [-0.1, -0.05) is 33.1 Å². The average molecular weight is 328 g/mol. The highest BCUT2D eigenvalue weighted by atomic mass is 16.4. The number of aliphatic carboxylic acids is 1. The number of hydrogen-bond acceptors (Lipinski definition) is 5. The first-order chi connectivity index (χ1) is 11.3. The van der Waals surface area contributed by atoms with Crippen LogP contribution in [0.5, 0.6) is 0 Å². The first-order valence-corrected chi connectivity index (χ1v) is 7.48. The first kappa shape index (κ1) is 19.3. The molecule has 6 nitrogen and oxygen atoms in total. The Hall–Kier alpha value is -2.73. The lowest BCUT2D eigenvalue weighted by Gasteiger charge is -2.22. The smallest absolute Gasteiger partial charge is 0.328 e. The van der Waals surface area contributed by atoms with Crippen molar-refractivity contribution in [3.05, 3.63) is 61.1 Å². The van der Waals surface area contributed by atoms with Gasteiger partial charge in [0.25, 0.3) is 0 Å². The summed E-state index contributed by atoms with van der Waals surface area (Å²) in [6.45, 7) is 12.9. The van der Waals surface area contributed by atoms with Crippen molar-refractivity contribution >= 4 is 17.4 Å². The molecule has 0 bridgehead atoms. The lowest BCUT2D eigenvalue weighted by atomic mass is 9.94. The van der Waals surface area contributed by atoms with Crippen molar-refractivity contribution in [3.8, 4) is 0 Å².